The second-order valence-corrected chi connectivity index (χ2v) is 7.12. The molecule has 1 aromatic heterocycles. The van der Waals surface area contributed by atoms with Crippen LogP contribution in [0.2, 0.25) is 0 Å². The standard InChI is InChI=1S/C20H21F3N6O5/c1-2-13-15(27-28-24)16(32-10-11-33-20(21,22)23)18(34-13)29-9-8-14(26-19(29)31)25-17(30)12-6-4-3-5-7-12/h3-9,13,15-16,18H,2,10-11H2,1H3,(H,25,26,30,31)/t13-,15-,16-,18-/m1/s1. The molecule has 34 heavy (non-hydrogen) atoms. The Morgan fingerprint density at radius 1 is 1.29 bits per heavy atom. The highest BCUT2D eigenvalue weighted by atomic mass is 19.4. The summed E-state index contributed by atoms with van der Waals surface area (Å²) >= 11 is 0. The number of hydrogen-bond donors (Lipinski definition) is 1. The Balaban J connectivity index is 1.79. The van der Waals surface area contributed by atoms with Crippen LogP contribution in [0.15, 0.2) is 52.5 Å². The third kappa shape index (κ3) is 6.32. The normalized spacial score (nSPS) is 22.2. The summed E-state index contributed by atoms with van der Waals surface area (Å²) in [5.41, 5.74) is 8.47. The zero-order valence-corrected chi connectivity index (χ0v) is 17.9. The molecule has 1 saturated heterocycles. The van der Waals surface area contributed by atoms with Crippen molar-refractivity contribution in [2.75, 3.05) is 18.5 Å². The number of nitrogens with one attached hydrogen (secondary N) is 1. The highest BCUT2D eigenvalue weighted by Crippen LogP contribution is 2.34. The fraction of sp³-hybridized carbons (Fsp3) is 0.450. The number of halogens is 3. The van der Waals surface area contributed by atoms with Gasteiger partial charge in [0.1, 0.15) is 11.9 Å². The summed E-state index contributed by atoms with van der Waals surface area (Å²) in [5, 5.41) is 6.16. The molecule has 0 bridgehead atoms. The minimum absolute atomic E-state index is 0.0113. The largest absolute Gasteiger partial charge is 0.522 e. The van der Waals surface area contributed by atoms with E-state index in [0.29, 0.717) is 12.0 Å². The number of nitrogens with zero attached hydrogens (tertiary/aromatic N) is 5. The molecule has 1 amide bonds. The number of anilines is 1. The molecule has 1 aliphatic rings. The average Bonchev–Trinajstić information content (AvgIpc) is 3.14. The molecule has 2 aromatic rings. The van der Waals surface area contributed by atoms with Crippen LogP contribution in [-0.4, -0.2) is 53.3 Å². The second kappa shape index (κ2) is 11.1. The van der Waals surface area contributed by atoms with Gasteiger partial charge in [-0.15, -0.1) is 13.2 Å². The summed E-state index contributed by atoms with van der Waals surface area (Å²) < 4.78 is 52.8. The summed E-state index contributed by atoms with van der Waals surface area (Å²) in [6.07, 6.45) is -6.02. The molecule has 3 rings (SSSR count). The number of rotatable bonds is 9. The number of hydrogen-bond acceptors (Lipinski definition) is 7. The minimum atomic E-state index is -4.83. The average molecular weight is 482 g/mol. The van der Waals surface area contributed by atoms with E-state index < -0.39 is 55.7 Å². The SMILES string of the molecule is CC[C@H]1O[C@@H](n2ccc(NC(=O)c3ccccc3)nc2=O)[C@H](OCCOC(F)(F)F)[C@@H]1N=[N+]=[N-]. The van der Waals surface area contributed by atoms with E-state index in [-0.39, 0.29) is 5.82 Å². The van der Waals surface area contributed by atoms with Crippen LogP contribution in [0.1, 0.15) is 29.9 Å². The number of ether oxygens (including phenoxy) is 3. The molecular weight excluding hydrogens is 461 g/mol. The molecule has 1 N–H and O–H groups in total. The third-order valence-corrected chi connectivity index (χ3v) is 4.94. The van der Waals surface area contributed by atoms with Gasteiger partial charge in [0.2, 0.25) is 0 Å². The lowest BCUT2D eigenvalue weighted by molar-refractivity contribution is -0.327. The Morgan fingerprint density at radius 3 is 2.65 bits per heavy atom. The van der Waals surface area contributed by atoms with Gasteiger partial charge in [0, 0.05) is 16.7 Å². The van der Waals surface area contributed by atoms with Gasteiger partial charge < -0.3 is 14.8 Å². The lowest BCUT2D eigenvalue weighted by Gasteiger charge is -2.23. The first-order valence-electron chi connectivity index (χ1n) is 10.2. The molecule has 0 radical (unpaired) electrons. The summed E-state index contributed by atoms with van der Waals surface area (Å²) in [6, 6.07) is 8.75. The van der Waals surface area contributed by atoms with Crippen molar-refractivity contribution in [3.05, 3.63) is 69.1 Å². The maximum absolute atomic E-state index is 12.7. The zero-order chi connectivity index (χ0) is 24.7. The molecule has 182 valence electrons. The maximum Gasteiger partial charge on any atom is 0.522 e. The van der Waals surface area contributed by atoms with E-state index in [1.54, 1.807) is 37.3 Å². The van der Waals surface area contributed by atoms with Crippen LogP contribution in [0.4, 0.5) is 19.0 Å². The van der Waals surface area contributed by atoms with E-state index in [9.17, 15) is 22.8 Å². The predicted molar refractivity (Wildman–Crippen MR) is 112 cm³/mol. The van der Waals surface area contributed by atoms with E-state index in [1.165, 1.54) is 12.3 Å². The summed E-state index contributed by atoms with van der Waals surface area (Å²) in [6.45, 7) is 0.454. The van der Waals surface area contributed by atoms with Crippen molar-refractivity contribution in [1.29, 1.82) is 0 Å². The fourth-order valence-electron chi connectivity index (χ4n) is 3.46. The quantitative estimate of drug-likeness (QED) is 0.251. The number of amides is 1. The molecule has 1 fully saturated rings. The molecule has 1 aliphatic heterocycles. The maximum atomic E-state index is 12.7. The lowest BCUT2D eigenvalue weighted by atomic mass is 10.1. The van der Waals surface area contributed by atoms with E-state index in [1.807, 2.05) is 0 Å². The lowest BCUT2D eigenvalue weighted by Crippen LogP contribution is -2.37. The van der Waals surface area contributed by atoms with Crippen LogP contribution in [0, 0.1) is 0 Å². The Hall–Kier alpha value is -3.45. The van der Waals surface area contributed by atoms with E-state index >= 15 is 0 Å². The highest BCUT2D eigenvalue weighted by molar-refractivity contribution is 6.03. The molecule has 14 heteroatoms. The number of aromatic nitrogens is 2. The fourth-order valence-corrected chi connectivity index (χ4v) is 3.46. The first-order chi connectivity index (χ1) is 16.2. The van der Waals surface area contributed by atoms with Crippen molar-refractivity contribution >= 4 is 11.7 Å². The summed E-state index contributed by atoms with van der Waals surface area (Å²) in [4.78, 5) is 31.6. The Morgan fingerprint density at radius 2 is 2.03 bits per heavy atom. The Bertz CT molecular complexity index is 1090. The molecule has 0 unspecified atom stereocenters. The number of alkyl halides is 3. The number of carbonyl (C=O) groups is 1. The molecule has 2 heterocycles. The van der Waals surface area contributed by atoms with Gasteiger partial charge in [-0.3, -0.25) is 14.1 Å². The summed E-state index contributed by atoms with van der Waals surface area (Å²) in [7, 11) is 0. The first kappa shape index (κ1) is 25.2. The number of azide groups is 1. The van der Waals surface area contributed by atoms with Crippen LogP contribution < -0.4 is 11.0 Å². The van der Waals surface area contributed by atoms with Crippen LogP contribution >= 0.6 is 0 Å². The molecule has 4 atom stereocenters. The number of carbonyl (C=O) groups excluding carboxylic acids is 1. The van der Waals surface area contributed by atoms with Gasteiger partial charge in [-0.05, 0) is 30.2 Å². The van der Waals surface area contributed by atoms with Gasteiger partial charge in [0.15, 0.2) is 6.23 Å². The Labute approximate surface area is 191 Å². The van der Waals surface area contributed by atoms with Crippen LogP contribution in [0.25, 0.3) is 10.4 Å². The van der Waals surface area contributed by atoms with E-state index in [2.05, 4.69) is 25.1 Å². The van der Waals surface area contributed by atoms with Crippen LogP contribution in [0.3, 0.4) is 0 Å². The molecule has 11 nitrogen and oxygen atoms in total. The van der Waals surface area contributed by atoms with Gasteiger partial charge in [-0.2, -0.15) is 4.98 Å². The van der Waals surface area contributed by atoms with Crippen molar-refractivity contribution in [2.45, 2.75) is 44.2 Å². The van der Waals surface area contributed by atoms with Crippen molar-refractivity contribution in [3.63, 3.8) is 0 Å². The van der Waals surface area contributed by atoms with E-state index in [0.717, 1.165) is 4.57 Å². The van der Waals surface area contributed by atoms with Crippen molar-refractivity contribution < 1.29 is 32.2 Å². The molecule has 0 spiro atoms. The third-order valence-electron chi connectivity index (χ3n) is 4.94. The van der Waals surface area contributed by atoms with Crippen molar-refractivity contribution in [2.24, 2.45) is 5.11 Å². The molecule has 1 aromatic carbocycles. The van der Waals surface area contributed by atoms with Gasteiger partial charge in [0.05, 0.1) is 25.4 Å². The molecule has 0 aliphatic carbocycles. The minimum Gasteiger partial charge on any atom is -0.371 e. The zero-order valence-electron chi connectivity index (χ0n) is 17.9. The first-order valence-corrected chi connectivity index (χ1v) is 10.2. The number of benzene rings is 1. The smallest absolute Gasteiger partial charge is 0.371 e. The Kier molecular flexibility index (Phi) is 8.23. The monoisotopic (exact) mass is 482 g/mol. The van der Waals surface area contributed by atoms with Crippen molar-refractivity contribution in [1.82, 2.24) is 9.55 Å². The predicted octanol–water partition coefficient (Wildman–Crippen LogP) is 3.40. The highest BCUT2D eigenvalue weighted by Gasteiger charge is 2.45. The van der Waals surface area contributed by atoms with Gasteiger partial charge >= 0.3 is 12.1 Å². The topological polar surface area (TPSA) is 140 Å². The van der Waals surface area contributed by atoms with Crippen molar-refractivity contribution in [3.8, 4) is 0 Å². The van der Waals surface area contributed by atoms with Gasteiger partial charge in [-0.1, -0.05) is 30.2 Å². The second-order valence-electron chi connectivity index (χ2n) is 7.12. The van der Waals surface area contributed by atoms with E-state index in [4.69, 9.17) is 15.0 Å². The van der Waals surface area contributed by atoms with Crippen LogP contribution in [-0.2, 0) is 14.2 Å². The molecule has 0 saturated carbocycles. The van der Waals surface area contributed by atoms with Gasteiger partial charge in [0.25, 0.3) is 5.91 Å². The van der Waals surface area contributed by atoms with Gasteiger partial charge in [-0.25, -0.2) is 4.79 Å². The van der Waals surface area contributed by atoms with Crippen LogP contribution in [0.5, 0.6) is 0 Å². The molecular formula is C20H21F3N6O5. The summed E-state index contributed by atoms with van der Waals surface area (Å²) in [5.74, 6) is -0.481.